The van der Waals surface area contributed by atoms with Gasteiger partial charge in [-0.15, -0.1) is 10.2 Å². The first-order chi connectivity index (χ1) is 9.56. The van der Waals surface area contributed by atoms with Crippen molar-refractivity contribution in [2.45, 2.75) is 25.9 Å². The maximum Gasteiger partial charge on any atom is 0.270 e. The molecule has 0 radical (unpaired) electrons. The third-order valence-electron chi connectivity index (χ3n) is 3.66. The number of aryl methyl sites for hydroxylation is 2. The van der Waals surface area contributed by atoms with Crippen LogP contribution in [0.5, 0.6) is 0 Å². The van der Waals surface area contributed by atoms with E-state index in [1.54, 1.807) is 28.8 Å². The number of amides is 1. The molecule has 0 fully saturated rings. The van der Waals surface area contributed by atoms with E-state index < -0.39 is 0 Å². The summed E-state index contributed by atoms with van der Waals surface area (Å²) in [5, 5.41) is 8.32. The highest BCUT2D eigenvalue weighted by Crippen LogP contribution is 2.16. The number of nitrogens with zero attached hydrogens (tertiary/aromatic N) is 5. The van der Waals surface area contributed by atoms with Crippen LogP contribution in [0.1, 0.15) is 28.6 Å². The summed E-state index contributed by atoms with van der Waals surface area (Å²) in [6.07, 6.45) is 3.80. The number of carbonyl (C=O) groups is 1. The average Bonchev–Trinajstić information content (AvgIpc) is 3.06. The Morgan fingerprint density at radius 1 is 1.50 bits per heavy atom. The molecule has 0 saturated carbocycles. The van der Waals surface area contributed by atoms with Gasteiger partial charge in [0.1, 0.15) is 11.5 Å². The molecular weight excluding hydrogens is 256 g/mol. The van der Waals surface area contributed by atoms with E-state index in [0.717, 1.165) is 31.0 Å². The smallest absolute Gasteiger partial charge is 0.270 e. The monoisotopic (exact) mass is 274 g/mol. The van der Waals surface area contributed by atoms with Gasteiger partial charge in [0.25, 0.3) is 5.91 Å². The molecule has 0 aromatic carbocycles. The van der Waals surface area contributed by atoms with Crippen molar-refractivity contribution in [3.05, 3.63) is 29.6 Å². The van der Waals surface area contributed by atoms with Crippen molar-refractivity contribution in [2.75, 3.05) is 12.8 Å². The molecular formula is C13H18N6O. The molecule has 0 saturated heterocycles. The molecule has 0 unspecified atom stereocenters. The largest absolute Gasteiger partial charge is 0.397 e. The van der Waals surface area contributed by atoms with Gasteiger partial charge in [0.2, 0.25) is 0 Å². The highest BCUT2D eigenvalue weighted by atomic mass is 16.2. The molecule has 2 aromatic rings. The molecule has 1 aliphatic rings. The van der Waals surface area contributed by atoms with E-state index in [2.05, 4.69) is 14.8 Å². The minimum atomic E-state index is -0.0699. The van der Waals surface area contributed by atoms with Gasteiger partial charge in [-0.1, -0.05) is 0 Å². The van der Waals surface area contributed by atoms with Crippen molar-refractivity contribution in [3.8, 4) is 0 Å². The maximum absolute atomic E-state index is 12.4. The van der Waals surface area contributed by atoms with Gasteiger partial charge >= 0.3 is 0 Å². The van der Waals surface area contributed by atoms with Crippen LogP contribution in [0.15, 0.2) is 12.3 Å². The Hall–Kier alpha value is -2.31. The first-order valence-corrected chi connectivity index (χ1v) is 6.64. The van der Waals surface area contributed by atoms with Gasteiger partial charge in [0.05, 0.1) is 12.2 Å². The average molecular weight is 274 g/mol. The second-order valence-corrected chi connectivity index (χ2v) is 5.22. The molecule has 0 atom stereocenters. The Balaban J connectivity index is 1.77. The van der Waals surface area contributed by atoms with Gasteiger partial charge < -0.3 is 19.8 Å². The second kappa shape index (κ2) is 4.66. The summed E-state index contributed by atoms with van der Waals surface area (Å²) in [5.41, 5.74) is 6.87. The third kappa shape index (κ3) is 2.04. The van der Waals surface area contributed by atoms with Crippen LogP contribution < -0.4 is 5.73 Å². The Morgan fingerprint density at radius 2 is 2.30 bits per heavy atom. The summed E-state index contributed by atoms with van der Waals surface area (Å²) < 4.78 is 3.84. The molecule has 20 heavy (non-hydrogen) atoms. The van der Waals surface area contributed by atoms with Crippen LogP contribution in [0.25, 0.3) is 0 Å². The molecule has 0 aliphatic carbocycles. The van der Waals surface area contributed by atoms with Crippen LogP contribution in [0.2, 0.25) is 0 Å². The molecule has 2 aromatic heterocycles. The van der Waals surface area contributed by atoms with E-state index in [9.17, 15) is 4.79 Å². The number of rotatable bonds is 3. The van der Waals surface area contributed by atoms with Gasteiger partial charge in [-0.2, -0.15) is 0 Å². The zero-order valence-electron chi connectivity index (χ0n) is 11.7. The molecule has 1 amide bonds. The van der Waals surface area contributed by atoms with Crippen molar-refractivity contribution in [3.63, 3.8) is 0 Å². The fourth-order valence-electron chi connectivity index (χ4n) is 2.61. The van der Waals surface area contributed by atoms with Crippen molar-refractivity contribution in [2.24, 2.45) is 7.05 Å². The van der Waals surface area contributed by atoms with E-state index in [1.807, 2.05) is 7.05 Å². The normalized spacial score (nSPS) is 13.5. The molecule has 106 valence electrons. The first-order valence-electron chi connectivity index (χ1n) is 6.64. The lowest BCUT2D eigenvalue weighted by Gasteiger charge is -2.17. The zero-order chi connectivity index (χ0) is 14.3. The van der Waals surface area contributed by atoms with E-state index in [1.165, 1.54) is 0 Å². The summed E-state index contributed by atoms with van der Waals surface area (Å²) in [6, 6.07) is 1.69. The minimum Gasteiger partial charge on any atom is -0.397 e. The van der Waals surface area contributed by atoms with Gasteiger partial charge in [0.15, 0.2) is 5.82 Å². The summed E-state index contributed by atoms with van der Waals surface area (Å²) in [4.78, 5) is 14.0. The number of anilines is 1. The number of hydrogen-bond donors (Lipinski definition) is 1. The lowest BCUT2D eigenvalue weighted by atomic mass is 10.3. The minimum absolute atomic E-state index is 0.0699. The highest BCUT2D eigenvalue weighted by Gasteiger charge is 2.21. The fraction of sp³-hybridized carbons (Fsp3) is 0.462. The molecule has 0 bridgehead atoms. The van der Waals surface area contributed by atoms with Gasteiger partial charge in [-0.3, -0.25) is 4.79 Å². The Morgan fingerprint density at radius 3 is 3.00 bits per heavy atom. The van der Waals surface area contributed by atoms with E-state index in [-0.39, 0.29) is 5.91 Å². The molecule has 7 nitrogen and oxygen atoms in total. The number of nitrogens with two attached hydrogens (primary N) is 1. The number of aromatic nitrogens is 4. The Labute approximate surface area is 117 Å². The number of fused-ring (bicyclic) bond motifs is 1. The lowest BCUT2D eigenvalue weighted by molar-refractivity contribution is 0.0770. The van der Waals surface area contributed by atoms with Gasteiger partial charge in [-0.25, -0.2) is 0 Å². The number of carbonyl (C=O) groups excluding carboxylic acids is 1. The molecule has 3 rings (SSSR count). The van der Waals surface area contributed by atoms with Gasteiger partial charge in [0, 0.05) is 33.3 Å². The fourth-order valence-corrected chi connectivity index (χ4v) is 2.61. The van der Waals surface area contributed by atoms with Crippen LogP contribution in [0, 0.1) is 0 Å². The molecule has 2 N–H and O–H groups in total. The Bertz CT molecular complexity index is 656. The van der Waals surface area contributed by atoms with Crippen molar-refractivity contribution >= 4 is 11.6 Å². The zero-order valence-corrected chi connectivity index (χ0v) is 11.7. The first kappa shape index (κ1) is 12.7. The van der Waals surface area contributed by atoms with E-state index in [0.29, 0.717) is 17.9 Å². The van der Waals surface area contributed by atoms with Crippen LogP contribution in [-0.2, 0) is 26.6 Å². The van der Waals surface area contributed by atoms with E-state index >= 15 is 0 Å². The quantitative estimate of drug-likeness (QED) is 0.879. The van der Waals surface area contributed by atoms with Crippen LogP contribution in [0.3, 0.4) is 0 Å². The Kier molecular flexibility index (Phi) is 2.96. The maximum atomic E-state index is 12.4. The molecule has 3 heterocycles. The van der Waals surface area contributed by atoms with Crippen LogP contribution >= 0.6 is 0 Å². The lowest BCUT2D eigenvalue weighted by Crippen LogP contribution is -2.29. The SMILES string of the molecule is CN(Cc1nnc2n1CCC2)C(=O)c1cc(N)cn1C. The summed E-state index contributed by atoms with van der Waals surface area (Å²) in [5.74, 6) is 1.79. The van der Waals surface area contributed by atoms with Crippen LogP contribution in [0.4, 0.5) is 5.69 Å². The highest BCUT2D eigenvalue weighted by molar-refractivity contribution is 5.93. The molecule has 0 spiro atoms. The topological polar surface area (TPSA) is 82.0 Å². The van der Waals surface area contributed by atoms with Crippen molar-refractivity contribution < 1.29 is 4.79 Å². The molecule has 7 heteroatoms. The van der Waals surface area contributed by atoms with Gasteiger partial charge in [-0.05, 0) is 12.5 Å². The van der Waals surface area contributed by atoms with Crippen LogP contribution in [-0.4, -0.2) is 37.2 Å². The summed E-state index contributed by atoms with van der Waals surface area (Å²) in [7, 11) is 3.58. The number of nitrogen functional groups attached to an aromatic ring is 1. The molecule has 1 aliphatic heterocycles. The van der Waals surface area contributed by atoms with Crippen molar-refractivity contribution in [1.82, 2.24) is 24.2 Å². The summed E-state index contributed by atoms with van der Waals surface area (Å²) >= 11 is 0. The summed E-state index contributed by atoms with van der Waals surface area (Å²) in [6.45, 7) is 1.40. The predicted molar refractivity (Wildman–Crippen MR) is 74.0 cm³/mol. The second-order valence-electron chi connectivity index (χ2n) is 5.22. The standard InChI is InChI=1S/C13H18N6O/c1-17-7-9(14)6-10(17)13(20)18(2)8-12-16-15-11-4-3-5-19(11)12/h6-7H,3-5,8,14H2,1-2H3. The van der Waals surface area contributed by atoms with Crippen molar-refractivity contribution in [1.29, 1.82) is 0 Å². The predicted octanol–water partition coefficient (Wildman–Crippen LogP) is 0.417. The van der Waals surface area contributed by atoms with E-state index in [4.69, 9.17) is 5.73 Å². The number of hydrogen-bond acceptors (Lipinski definition) is 4. The third-order valence-corrected chi connectivity index (χ3v) is 3.66.